The van der Waals surface area contributed by atoms with Crippen molar-refractivity contribution in [2.45, 2.75) is 37.6 Å². The largest absolute Gasteiger partial charge is 0.461 e. The third-order valence-electron chi connectivity index (χ3n) is 4.28. The molecule has 0 atom stereocenters. The van der Waals surface area contributed by atoms with Gasteiger partial charge in [0.15, 0.2) is 17.4 Å². The number of rotatable bonds is 8. The summed E-state index contributed by atoms with van der Waals surface area (Å²) in [6.07, 6.45) is 2.21. The average Bonchev–Trinajstić information content (AvgIpc) is 3.48. The Kier molecular flexibility index (Phi) is 5.94. The quantitative estimate of drug-likeness (QED) is 0.408. The van der Waals surface area contributed by atoms with Gasteiger partial charge in [0, 0.05) is 18.5 Å². The minimum atomic E-state index is -0.0951. The van der Waals surface area contributed by atoms with Crippen molar-refractivity contribution >= 4 is 23.4 Å². The third-order valence-corrected chi connectivity index (χ3v) is 5.13. The SMILES string of the molecule is Cc1ccc(NC(=O)CCc2nc(CSc3n[nH]c(-c4ccco4)n3)no2)c(C)c1. The van der Waals surface area contributed by atoms with Crippen LogP contribution in [0.3, 0.4) is 0 Å². The van der Waals surface area contributed by atoms with Crippen LogP contribution in [0.4, 0.5) is 5.69 Å². The number of hydrogen-bond donors (Lipinski definition) is 2. The molecular weight excluding hydrogens is 404 g/mol. The summed E-state index contributed by atoms with van der Waals surface area (Å²) in [5.74, 6) is 2.48. The zero-order chi connectivity index (χ0) is 20.9. The number of aryl methyl sites for hydroxylation is 3. The molecular formula is C20H20N6O3S. The zero-order valence-electron chi connectivity index (χ0n) is 16.5. The van der Waals surface area contributed by atoms with Crippen molar-refractivity contribution in [2.24, 2.45) is 0 Å². The lowest BCUT2D eigenvalue weighted by molar-refractivity contribution is -0.116. The number of furan rings is 1. The van der Waals surface area contributed by atoms with Crippen LogP contribution in [-0.4, -0.2) is 31.2 Å². The number of aromatic nitrogens is 5. The number of H-pyrrole nitrogens is 1. The predicted molar refractivity (Wildman–Crippen MR) is 111 cm³/mol. The van der Waals surface area contributed by atoms with E-state index in [1.807, 2.05) is 32.0 Å². The first-order valence-electron chi connectivity index (χ1n) is 9.34. The van der Waals surface area contributed by atoms with Gasteiger partial charge in [0.25, 0.3) is 0 Å². The number of amides is 1. The summed E-state index contributed by atoms with van der Waals surface area (Å²) in [6, 6.07) is 9.50. The fourth-order valence-electron chi connectivity index (χ4n) is 2.80. The van der Waals surface area contributed by atoms with E-state index >= 15 is 0 Å². The molecule has 3 aromatic heterocycles. The van der Waals surface area contributed by atoms with Gasteiger partial charge in [0.2, 0.25) is 17.0 Å². The molecule has 0 aliphatic carbocycles. The molecule has 0 saturated heterocycles. The van der Waals surface area contributed by atoms with Crippen LogP contribution in [0.25, 0.3) is 11.6 Å². The average molecular weight is 424 g/mol. The first-order chi connectivity index (χ1) is 14.6. The number of benzene rings is 1. The molecule has 2 N–H and O–H groups in total. The summed E-state index contributed by atoms with van der Waals surface area (Å²) in [6.45, 7) is 3.99. The molecule has 0 aliphatic rings. The number of thioether (sulfide) groups is 1. The number of nitrogens with zero attached hydrogens (tertiary/aromatic N) is 4. The van der Waals surface area contributed by atoms with Gasteiger partial charge in [-0.25, -0.2) is 0 Å². The highest BCUT2D eigenvalue weighted by Gasteiger charge is 2.13. The van der Waals surface area contributed by atoms with E-state index in [4.69, 9.17) is 8.94 Å². The minimum Gasteiger partial charge on any atom is -0.461 e. The Hall–Kier alpha value is -3.40. The molecule has 0 radical (unpaired) electrons. The van der Waals surface area contributed by atoms with E-state index in [1.165, 1.54) is 11.8 Å². The second kappa shape index (κ2) is 8.95. The molecule has 0 spiro atoms. The molecule has 0 aliphatic heterocycles. The smallest absolute Gasteiger partial charge is 0.227 e. The van der Waals surface area contributed by atoms with Crippen LogP contribution in [0.1, 0.15) is 29.3 Å². The molecule has 9 nitrogen and oxygen atoms in total. The van der Waals surface area contributed by atoms with Crippen molar-refractivity contribution in [1.29, 1.82) is 0 Å². The first kappa shape index (κ1) is 19.9. The summed E-state index contributed by atoms with van der Waals surface area (Å²) < 4.78 is 10.5. The van der Waals surface area contributed by atoms with Crippen LogP contribution < -0.4 is 5.32 Å². The van der Waals surface area contributed by atoms with Gasteiger partial charge in [-0.1, -0.05) is 34.6 Å². The molecule has 3 heterocycles. The van der Waals surface area contributed by atoms with Crippen molar-refractivity contribution in [2.75, 3.05) is 5.32 Å². The summed E-state index contributed by atoms with van der Waals surface area (Å²) >= 11 is 1.37. The van der Waals surface area contributed by atoms with E-state index < -0.39 is 0 Å². The summed E-state index contributed by atoms with van der Waals surface area (Å²) in [5.41, 5.74) is 3.00. The second-order valence-corrected chi connectivity index (χ2v) is 7.65. The highest BCUT2D eigenvalue weighted by molar-refractivity contribution is 7.98. The van der Waals surface area contributed by atoms with Gasteiger partial charge in [0.1, 0.15) is 0 Å². The van der Waals surface area contributed by atoms with Crippen LogP contribution in [-0.2, 0) is 17.0 Å². The molecule has 0 unspecified atom stereocenters. The number of carbonyl (C=O) groups excluding carboxylic acids is 1. The highest BCUT2D eigenvalue weighted by atomic mass is 32.2. The monoisotopic (exact) mass is 424 g/mol. The fourth-order valence-corrected chi connectivity index (χ4v) is 3.44. The lowest BCUT2D eigenvalue weighted by Gasteiger charge is -2.08. The number of carbonyl (C=O) groups is 1. The van der Waals surface area contributed by atoms with Crippen molar-refractivity contribution in [3.63, 3.8) is 0 Å². The topological polar surface area (TPSA) is 123 Å². The maximum absolute atomic E-state index is 12.2. The maximum atomic E-state index is 12.2. The predicted octanol–water partition coefficient (Wildman–Crippen LogP) is 3.93. The van der Waals surface area contributed by atoms with Crippen molar-refractivity contribution < 1.29 is 13.7 Å². The van der Waals surface area contributed by atoms with Crippen molar-refractivity contribution in [1.82, 2.24) is 25.3 Å². The Balaban J connectivity index is 1.25. The lowest BCUT2D eigenvalue weighted by atomic mass is 10.1. The Morgan fingerprint density at radius 3 is 2.93 bits per heavy atom. The van der Waals surface area contributed by atoms with Crippen LogP contribution in [0.2, 0.25) is 0 Å². The maximum Gasteiger partial charge on any atom is 0.227 e. The molecule has 4 aromatic rings. The molecule has 30 heavy (non-hydrogen) atoms. The molecule has 10 heteroatoms. The van der Waals surface area contributed by atoms with E-state index in [2.05, 4.69) is 30.6 Å². The van der Waals surface area contributed by atoms with Crippen molar-refractivity contribution in [3.05, 3.63) is 59.4 Å². The van der Waals surface area contributed by atoms with Crippen LogP contribution >= 0.6 is 11.8 Å². The molecule has 4 rings (SSSR count). The van der Waals surface area contributed by atoms with Crippen molar-refractivity contribution in [3.8, 4) is 11.6 Å². The Morgan fingerprint density at radius 2 is 2.13 bits per heavy atom. The minimum absolute atomic E-state index is 0.0951. The number of aromatic amines is 1. The van der Waals surface area contributed by atoms with E-state index in [0.29, 0.717) is 40.6 Å². The molecule has 154 valence electrons. The molecule has 0 fully saturated rings. The first-order valence-corrected chi connectivity index (χ1v) is 10.3. The molecule has 0 bridgehead atoms. The van der Waals surface area contributed by atoms with Crippen LogP contribution in [0.15, 0.2) is 50.7 Å². The normalized spacial score (nSPS) is 11.0. The zero-order valence-corrected chi connectivity index (χ0v) is 17.3. The van der Waals surface area contributed by atoms with Gasteiger partial charge < -0.3 is 14.3 Å². The highest BCUT2D eigenvalue weighted by Crippen LogP contribution is 2.22. The number of hydrogen-bond acceptors (Lipinski definition) is 8. The Morgan fingerprint density at radius 1 is 1.23 bits per heavy atom. The van der Waals surface area contributed by atoms with Crippen LogP contribution in [0.5, 0.6) is 0 Å². The van der Waals surface area contributed by atoms with Gasteiger partial charge in [-0.05, 0) is 37.6 Å². The molecule has 0 saturated carbocycles. The number of nitrogens with one attached hydrogen (secondary N) is 2. The summed E-state index contributed by atoms with van der Waals surface area (Å²) in [7, 11) is 0. The van der Waals surface area contributed by atoms with Gasteiger partial charge in [-0.2, -0.15) is 9.97 Å². The van der Waals surface area contributed by atoms with Gasteiger partial charge in [0.05, 0.1) is 12.0 Å². The second-order valence-electron chi connectivity index (χ2n) is 6.70. The summed E-state index contributed by atoms with van der Waals surface area (Å²) in [5, 5.41) is 14.4. The van der Waals surface area contributed by atoms with Gasteiger partial charge in [-0.15, -0.1) is 5.10 Å². The fraction of sp³-hybridized carbons (Fsp3) is 0.250. The lowest BCUT2D eigenvalue weighted by Crippen LogP contribution is -2.13. The van der Waals surface area contributed by atoms with E-state index in [1.54, 1.807) is 18.4 Å². The molecule has 1 amide bonds. The van der Waals surface area contributed by atoms with E-state index in [0.717, 1.165) is 16.8 Å². The van der Waals surface area contributed by atoms with E-state index in [-0.39, 0.29) is 12.3 Å². The Labute approximate surface area is 176 Å². The van der Waals surface area contributed by atoms with Gasteiger partial charge >= 0.3 is 0 Å². The molecule has 1 aromatic carbocycles. The summed E-state index contributed by atoms with van der Waals surface area (Å²) in [4.78, 5) is 20.9. The third kappa shape index (κ3) is 4.95. The van der Waals surface area contributed by atoms with Crippen LogP contribution in [0, 0.1) is 13.8 Å². The van der Waals surface area contributed by atoms with E-state index in [9.17, 15) is 4.79 Å². The standard InChI is InChI=1S/C20H20N6O3S/c1-12-5-6-14(13(2)10-12)21-17(27)7-8-18-22-16(26-29-18)11-30-20-23-19(24-25-20)15-4-3-9-28-15/h3-6,9-10H,7-8,11H2,1-2H3,(H,21,27)(H,23,24,25). The Bertz CT molecular complexity index is 1140. The number of anilines is 1. The van der Waals surface area contributed by atoms with Gasteiger partial charge in [-0.3, -0.25) is 9.89 Å².